The predicted octanol–water partition coefficient (Wildman–Crippen LogP) is 2.43. The maximum Gasteiger partial charge on any atom is 0.162 e. The molecule has 1 heterocycles. The lowest BCUT2D eigenvalue weighted by Crippen LogP contribution is -2.29. The molecule has 2 rings (SSSR count). The molecule has 0 bridgehead atoms. The number of methoxy groups -OCH3 is 1. The van der Waals surface area contributed by atoms with Crippen molar-refractivity contribution in [1.29, 1.82) is 5.26 Å². The van der Waals surface area contributed by atoms with Gasteiger partial charge in [-0.1, -0.05) is 6.07 Å². The topological polar surface area (TPSA) is 81.2 Å². The highest BCUT2D eigenvalue weighted by molar-refractivity contribution is 5.47. The van der Waals surface area contributed by atoms with E-state index in [2.05, 4.69) is 11.1 Å². The van der Waals surface area contributed by atoms with Crippen LogP contribution in [0.4, 0.5) is 0 Å². The van der Waals surface area contributed by atoms with Crippen LogP contribution in [0.3, 0.4) is 0 Å². The van der Waals surface area contributed by atoms with Gasteiger partial charge in [0.2, 0.25) is 0 Å². The molecule has 2 unspecified atom stereocenters. The van der Waals surface area contributed by atoms with Crippen molar-refractivity contribution in [2.24, 2.45) is 5.73 Å². The molecule has 5 heteroatoms. The van der Waals surface area contributed by atoms with Gasteiger partial charge in [-0.3, -0.25) is 4.98 Å². The Kier molecular flexibility index (Phi) is 4.75. The van der Waals surface area contributed by atoms with Crippen molar-refractivity contribution in [3.05, 3.63) is 53.9 Å². The van der Waals surface area contributed by atoms with Crippen molar-refractivity contribution >= 4 is 0 Å². The van der Waals surface area contributed by atoms with E-state index >= 15 is 0 Å². The number of nitriles is 1. The summed E-state index contributed by atoms with van der Waals surface area (Å²) in [4.78, 5) is 4.29. The minimum atomic E-state index is -0.395. The van der Waals surface area contributed by atoms with Crippen molar-refractivity contribution in [2.75, 3.05) is 7.11 Å². The van der Waals surface area contributed by atoms with Crippen molar-refractivity contribution in [3.8, 4) is 17.6 Å². The van der Waals surface area contributed by atoms with E-state index in [0.717, 1.165) is 5.69 Å². The summed E-state index contributed by atoms with van der Waals surface area (Å²) in [7, 11) is 1.53. The van der Waals surface area contributed by atoms with Gasteiger partial charge >= 0.3 is 0 Å². The molecule has 21 heavy (non-hydrogen) atoms. The predicted molar refractivity (Wildman–Crippen MR) is 79.0 cm³/mol. The van der Waals surface area contributed by atoms with E-state index in [9.17, 15) is 0 Å². The lowest BCUT2D eigenvalue weighted by atomic mass is 10.1. The quantitative estimate of drug-likeness (QED) is 0.911. The van der Waals surface area contributed by atoms with Crippen LogP contribution in [0.25, 0.3) is 0 Å². The number of rotatable bonds is 5. The molecule has 0 radical (unpaired) electrons. The molecule has 2 N–H and O–H groups in total. The monoisotopic (exact) mass is 283 g/mol. The summed E-state index contributed by atoms with van der Waals surface area (Å²) in [5.41, 5.74) is 7.26. The molecule has 5 nitrogen and oxygen atoms in total. The van der Waals surface area contributed by atoms with Crippen LogP contribution in [0.5, 0.6) is 11.5 Å². The molecule has 2 atom stereocenters. The number of hydrogen-bond donors (Lipinski definition) is 1. The molecule has 108 valence electrons. The Bertz CT molecular complexity index is 636. The summed E-state index contributed by atoms with van der Waals surface area (Å²) in [5, 5.41) is 8.92. The molecule has 0 spiro atoms. The van der Waals surface area contributed by atoms with Gasteiger partial charge in [0.1, 0.15) is 0 Å². The molecule has 0 aliphatic rings. The van der Waals surface area contributed by atoms with Crippen LogP contribution >= 0.6 is 0 Å². The van der Waals surface area contributed by atoms with Crippen molar-refractivity contribution < 1.29 is 9.47 Å². The van der Waals surface area contributed by atoms with Crippen LogP contribution in [0.1, 0.15) is 24.3 Å². The first-order valence-corrected chi connectivity index (χ1v) is 6.57. The largest absolute Gasteiger partial charge is 0.493 e. The zero-order chi connectivity index (χ0) is 15.2. The van der Waals surface area contributed by atoms with E-state index in [0.29, 0.717) is 17.1 Å². The second kappa shape index (κ2) is 6.73. The molecule has 0 amide bonds. The van der Waals surface area contributed by atoms with Crippen molar-refractivity contribution in [1.82, 2.24) is 4.98 Å². The van der Waals surface area contributed by atoms with Gasteiger partial charge in [0.05, 0.1) is 24.4 Å². The van der Waals surface area contributed by atoms with E-state index in [4.69, 9.17) is 20.5 Å². The molecule has 2 aromatic rings. The average molecular weight is 283 g/mol. The fraction of sp³-hybridized carbons (Fsp3) is 0.250. The zero-order valence-electron chi connectivity index (χ0n) is 12.0. The molecule has 0 aliphatic heterocycles. The maximum atomic E-state index is 8.92. The van der Waals surface area contributed by atoms with Crippen LogP contribution in [0.2, 0.25) is 0 Å². The number of benzene rings is 1. The van der Waals surface area contributed by atoms with Gasteiger partial charge < -0.3 is 15.2 Å². The number of hydrogen-bond acceptors (Lipinski definition) is 5. The molecule has 0 saturated carbocycles. The van der Waals surface area contributed by atoms with Crippen molar-refractivity contribution in [2.45, 2.75) is 19.1 Å². The highest BCUT2D eigenvalue weighted by atomic mass is 16.5. The zero-order valence-corrected chi connectivity index (χ0v) is 12.0. The second-order valence-corrected chi connectivity index (χ2v) is 4.63. The Labute approximate surface area is 123 Å². The number of nitrogens with zero attached hydrogens (tertiary/aromatic N) is 2. The third-order valence-electron chi connectivity index (χ3n) is 3.00. The van der Waals surface area contributed by atoms with E-state index in [1.807, 2.05) is 25.1 Å². The normalized spacial score (nSPS) is 13.0. The average Bonchev–Trinajstić information content (AvgIpc) is 2.53. The summed E-state index contributed by atoms with van der Waals surface area (Å²) in [6, 6.07) is 12.4. The molecule has 0 fully saturated rings. The van der Waals surface area contributed by atoms with Crippen LogP contribution in [0, 0.1) is 11.3 Å². The molecule has 0 saturated heterocycles. The van der Waals surface area contributed by atoms with Crippen LogP contribution in [-0.2, 0) is 0 Å². The Morgan fingerprint density at radius 1 is 1.24 bits per heavy atom. The maximum absolute atomic E-state index is 8.92. The Balaban J connectivity index is 2.32. The summed E-state index contributed by atoms with van der Waals surface area (Å²) in [6.07, 6.45) is 1.30. The van der Waals surface area contributed by atoms with Gasteiger partial charge in [-0.25, -0.2) is 0 Å². The minimum absolute atomic E-state index is 0.250. The summed E-state index contributed by atoms with van der Waals surface area (Å²) < 4.78 is 11.2. The molecule has 1 aromatic carbocycles. The SMILES string of the molecule is COc1cc(C#N)ccc1OC(c1ccccn1)C(C)N. The van der Waals surface area contributed by atoms with Gasteiger partial charge in [-0.05, 0) is 31.2 Å². The number of pyridine rings is 1. The smallest absolute Gasteiger partial charge is 0.162 e. The lowest BCUT2D eigenvalue weighted by molar-refractivity contribution is 0.169. The third kappa shape index (κ3) is 3.50. The summed E-state index contributed by atoms with van der Waals surface area (Å²) in [5.74, 6) is 1.03. The van der Waals surface area contributed by atoms with Crippen LogP contribution in [0.15, 0.2) is 42.6 Å². The van der Waals surface area contributed by atoms with E-state index in [1.54, 1.807) is 24.4 Å². The molecular weight excluding hydrogens is 266 g/mol. The second-order valence-electron chi connectivity index (χ2n) is 4.63. The van der Waals surface area contributed by atoms with Crippen molar-refractivity contribution in [3.63, 3.8) is 0 Å². The first-order chi connectivity index (χ1) is 10.2. The minimum Gasteiger partial charge on any atom is -0.493 e. The number of aromatic nitrogens is 1. The first kappa shape index (κ1) is 14.8. The van der Waals surface area contributed by atoms with Gasteiger partial charge in [-0.2, -0.15) is 5.26 Å². The van der Waals surface area contributed by atoms with Crippen LogP contribution in [-0.4, -0.2) is 18.1 Å². The van der Waals surface area contributed by atoms with E-state index in [-0.39, 0.29) is 6.04 Å². The van der Waals surface area contributed by atoms with Gasteiger partial charge in [0, 0.05) is 18.3 Å². The standard InChI is InChI=1S/C16H17N3O2/c1-11(18)16(13-5-3-4-8-19-13)21-14-7-6-12(10-17)9-15(14)20-2/h3-9,11,16H,18H2,1-2H3. The fourth-order valence-corrected chi connectivity index (χ4v) is 1.95. The highest BCUT2D eigenvalue weighted by Gasteiger charge is 2.21. The number of nitrogens with two attached hydrogens (primary N) is 1. The number of ether oxygens (including phenoxy) is 2. The fourth-order valence-electron chi connectivity index (χ4n) is 1.95. The summed E-state index contributed by atoms with van der Waals surface area (Å²) >= 11 is 0. The highest BCUT2D eigenvalue weighted by Crippen LogP contribution is 2.32. The van der Waals surface area contributed by atoms with Gasteiger partial charge in [0.15, 0.2) is 17.6 Å². The Hall–Kier alpha value is -2.58. The summed E-state index contributed by atoms with van der Waals surface area (Å²) in [6.45, 7) is 1.86. The molecule has 0 aliphatic carbocycles. The van der Waals surface area contributed by atoms with Gasteiger partial charge in [0.25, 0.3) is 0 Å². The lowest BCUT2D eigenvalue weighted by Gasteiger charge is -2.23. The van der Waals surface area contributed by atoms with Gasteiger partial charge in [-0.15, -0.1) is 0 Å². The Morgan fingerprint density at radius 3 is 2.62 bits per heavy atom. The van der Waals surface area contributed by atoms with E-state index < -0.39 is 6.10 Å². The first-order valence-electron chi connectivity index (χ1n) is 6.57. The Morgan fingerprint density at radius 2 is 2.05 bits per heavy atom. The van der Waals surface area contributed by atoms with E-state index in [1.165, 1.54) is 7.11 Å². The van der Waals surface area contributed by atoms with Crippen LogP contribution < -0.4 is 15.2 Å². The molecule has 1 aromatic heterocycles. The third-order valence-corrected chi connectivity index (χ3v) is 3.00. The molecular formula is C16H17N3O2.